The van der Waals surface area contributed by atoms with Gasteiger partial charge in [0.15, 0.2) is 5.69 Å². The average molecular weight is 294 g/mol. The molecule has 1 amide bonds. The molecule has 0 bridgehead atoms. The van der Waals surface area contributed by atoms with Crippen molar-refractivity contribution >= 4 is 11.7 Å². The first-order valence-electron chi connectivity index (χ1n) is 7.43. The van der Waals surface area contributed by atoms with Crippen molar-refractivity contribution in [2.45, 2.75) is 38.6 Å². The minimum absolute atomic E-state index is 0.128. The largest absolute Gasteiger partial charge is 0.358 e. The number of nitrogens with two attached hydrogens (primary N) is 1. The van der Waals surface area contributed by atoms with Crippen molar-refractivity contribution in [2.75, 3.05) is 13.1 Å². The first kappa shape index (κ1) is 15.5. The van der Waals surface area contributed by atoms with E-state index in [2.05, 4.69) is 4.98 Å². The van der Waals surface area contributed by atoms with Crippen LogP contribution in [0, 0.1) is 16.0 Å². The number of nitrogens with zero attached hydrogens (tertiary/aromatic N) is 2. The van der Waals surface area contributed by atoms with E-state index in [0.717, 1.165) is 25.7 Å². The van der Waals surface area contributed by atoms with Gasteiger partial charge in [-0.25, -0.2) is 4.98 Å². The van der Waals surface area contributed by atoms with E-state index in [4.69, 9.17) is 5.73 Å². The van der Waals surface area contributed by atoms with Crippen LogP contribution in [0.25, 0.3) is 0 Å². The minimum Gasteiger partial charge on any atom is -0.358 e. The first-order chi connectivity index (χ1) is 10.1. The van der Waals surface area contributed by atoms with E-state index in [9.17, 15) is 14.9 Å². The Labute approximate surface area is 123 Å². The molecule has 1 fully saturated rings. The summed E-state index contributed by atoms with van der Waals surface area (Å²) < 4.78 is 0. The number of aromatic nitrogens is 1. The van der Waals surface area contributed by atoms with Crippen LogP contribution in [0.5, 0.6) is 0 Å². The second kappa shape index (κ2) is 6.71. The van der Waals surface area contributed by atoms with Crippen LogP contribution in [0.4, 0.5) is 5.82 Å². The van der Waals surface area contributed by atoms with Gasteiger partial charge in [-0.05, 0) is 43.2 Å². The zero-order chi connectivity index (χ0) is 15.4. The molecular weight excluding hydrogens is 272 g/mol. The number of nitrogens with one attached hydrogen (secondary N) is 1. The highest BCUT2D eigenvalue weighted by Crippen LogP contribution is 2.29. The van der Waals surface area contributed by atoms with Crippen molar-refractivity contribution in [3.8, 4) is 0 Å². The summed E-state index contributed by atoms with van der Waals surface area (Å²) >= 11 is 0. The molecule has 0 saturated heterocycles. The highest BCUT2D eigenvalue weighted by Gasteiger charge is 2.33. The molecule has 2 rings (SSSR count). The van der Waals surface area contributed by atoms with Gasteiger partial charge in [0.1, 0.15) is 0 Å². The van der Waals surface area contributed by atoms with Crippen molar-refractivity contribution in [3.05, 3.63) is 27.9 Å². The van der Waals surface area contributed by atoms with Crippen molar-refractivity contribution in [1.82, 2.24) is 9.88 Å². The predicted octanol–water partition coefficient (Wildman–Crippen LogP) is 1.90. The Bertz CT molecular complexity index is 514. The van der Waals surface area contributed by atoms with Crippen LogP contribution < -0.4 is 5.73 Å². The molecule has 7 heteroatoms. The zero-order valence-electron chi connectivity index (χ0n) is 12.2. The molecule has 116 valence electrons. The fourth-order valence-corrected chi connectivity index (χ4v) is 3.17. The SMILES string of the molecule is CCN(C(=O)c1ccc([N+](=O)[O-])[nH]1)C1CCCCC1CN. The van der Waals surface area contributed by atoms with Gasteiger partial charge in [0.05, 0.1) is 0 Å². The summed E-state index contributed by atoms with van der Waals surface area (Å²) in [4.78, 5) is 27.2. The maximum atomic E-state index is 12.6. The smallest absolute Gasteiger partial charge is 0.321 e. The lowest BCUT2D eigenvalue weighted by atomic mass is 9.83. The summed E-state index contributed by atoms with van der Waals surface area (Å²) in [7, 11) is 0. The number of hydrogen-bond donors (Lipinski definition) is 2. The van der Waals surface area contributed by atoms with Crippen LogP contribution in [0.2, 0.25) is 0 Å². The second-order valence-corrected chi connectivity index (χ2v) is 5.45. The molecule has 0 aromatic carbocycles. The van der Waals surface area contributed by atoms with E-state index in [-0.39, 0.29) is 23.5 Å². The molecule has 1 aliphatic rings. The highest BCUT2D eigenvalue weighted by atomic mass is 16.6. The van der Waals surface area contributed by atoms with Crippen molar-refractivity contribution in [1.29, 1.82) is 0 Å². The first-order valence-corrected chi connectivity index (χ1v) is 7.43. The van der Waals surface area contributed by atoms with Gasteiger partial charge in [0.2, 0.25) is 0 Å². The van der Waals surface area contributed by atoms with Crippen molar-refractivity contribution < 1.29 is 9.72 Å². The fraction of sp³-hybridized carbons (Fsp3) is 0.643. The Morgan fingerprint density at radius 3 is 2.76 bits per heavy atom. The summed E-state index contributed by atoms with van der Waals surface area (Å²) in [5, 5.41) is 10.7. The van der Waals surface area contributed by atoms with E-state index < -0.39 is 4.92 Å². The number of aromatic amines is 1. The third-order valence-corrected chi connectivity index (χ3v) is 4.27. The van der Waals surface area contributed by atoms with Gasteiger partial charge in [0, 0.05) is 18.7 Å². The van der Waals surface area contributed by atoms with Crippen molar-refractivity contribution in [2.24, 2.45) is 11.7 Å². The Morgan fingerprint density at radius 2 is 2.19 bits per heavy atom. The third kappa shape index (κ3) is 3.24. The molecule has 0 aliphatic heterocycles. The number of rotatable bonds is 5. The van der Waals surface area contributed by atoms with Gasteiger partial charge in [-0.15, -0.1) is 0 Å². The number of carbonyl (C=O) groups is 1. The number of amides is 1. The van der Waals surface area contributed by atoms with E-state index in [0.29, 0.717) is 19.0 Å². The quantitative estimate of drug-likeness (QED) is 0.639. The van der Waals surface area contributed by atoms with Crippen LogP contribution in [0.3, 0.4) is 0 Å². The maximum Gasteiger partial charge on any atom is 0.321 e. The van der Waals surface area contributed by atoms with Crippen molar-refractivity contribution in [3.63, 3.8) is 0 Å². The van der Waals surface area contributed by atoms with Gasteiger partial charge in [-0.3, -0.25) is 4.79 Å². The van der Waals surface area contributed by atoms with E-state index >= 15 is 0 Å². The normalized spacial score (nSPS) is 22.0. The van der Waals surface area contributed by atoms with Gasteiger partial charge in [-0.2, -0.15) is 0 Å². The number of carbonyl (C=O) groups excluding carboxylic acids is 1. The molecule has 2 unspecified atom stereocenters. The minimum atomic E-state index is -0.531. The molecule has 1 aromatic heterocycles. The predicted molar refractivity (Wildman–Crippen MR) is 79.0 cm³/mol. The van der Waals surface area contributed by atoms with E-state index in [1.54, 1.807) is 4.90 Å². The molecule has 3 N–H and O–H groups in total. The summed E-state index contributed by atoms with van der Waals surface area (Å²) in [6.45, 7) is 3.07. The third-order valence-electron chi connectivity index (χ3n) is 4.27. The lowest BCUT2D eigenvalue weighted by Gasteiger charge is -2.38. The van der Waals surface area contributed by atoms with Gasteiger partial charge >= 0.3 is 5.82 Å². The second-order valence-electron chi connectivity index (χ2n) is 5.45. The number of H-pyrrole nitrogens is 1. The summed E-state index contributed by atoms with van der Waals surface area (Å²) in [6, 6.07) is 2.93. The Kier molecular flexibility index (Phi) is 4.95. The molecule has 1 heterocycles. The van der Waals surface area contributed by atoms with E-state index in [1.165, 1.54) is 12.1 Å². The summed E-state index contributed by atoms with van der Waals surface area (Å²) in [5.41, 5.74) is 6.10. The molecule has 0 spiro atoms. The van der Waals surface area contributed by atoms with Gasteiger partial charge in [0.25, 0.3) is 5.91 Å². The zero-order valence-corrected chi connectivity index (χ0v) is 12.2. The molecule has 2 atom stereocenters. The van der Waals surface area contributed by atoms with Crippen LogP contribution in [-0.4, -0.2) is 39.8 Å². The van der Waals surface area contributed by atoms with Crippen LogP contribution >= 0.6 is 0 Å². The topological polar surface area (TPSA) is 105 Å². The Balaban J connectivity index is 2.18. The van der Waals surface area contributed by atoms with Crippen LogP contribution in [0.1, 0.15) is 43.1 Å². The number of hydrogen-bond acceptors (Lipinski definition) is 4. The number of nitro groups is 1. The Morgan fingerprint density at radius 1 is 1.48 bits per heavy atom. The van der Waals surface area contributed by atoms with Crippen LogP contribution in [0.15, 0.2) is 12.1 Å². The average Bonchev–Trinajstić information content (AvgIpc) is 2.98. The summed E-state index contributed by atoms with van der Waals surface area (Å²) in [5.74, 6) is -0.0306. The molecular formula is C14H22N4O3. The molecule has 21 heavy (non-hydrogen) atoms. The molecule has 7 nitrogen and oxygen atoms in total. The van der Waals surface area contributed by atoms with Gasteiger partial charge < -0.3 is 20.7 Å². The molecule has 1 aromatic rings. The standard InChI is InChI=1S/C14H22N4O3/c1-2-17(12-6-4-3-5-10(12)9-15)14(19)11-7-8-13(16-11)18(20)21/h7-8,10,12,16H,2-6,9,15H2,1H3. The summed E-state index contributed by atoms with van der Waals surface area (Å²) in [6.07, 6.45) is 4.23. The monoisotopic (exact) mass is 294 g/mol. The lowest BCUT2D eigenvalue weighted by Crippen LogP contribution is -2.48. The fourth-order valence-electron chi connectivity index (χ4n) is 3.17. The Hall–Kier alpha value is -1.89. The van der Waals surface area contributed by atoms with E-state index in [1.807, 2.05) is 6.92 Å². The molecule has 0 radical (unpaired) electrons. The lowest BCUT2D eigenvalue weighted by molar-refractivity contribution is -0.389. The molecule has 1 aliphatic carbocycles. The maximum absolute atomic E-state index is 12.6. The van der Waals surface area contributed by atoms with Gasteiger partial charge in [-0.1, -0.05) is 12.8 Å². The highest BCUT2D eigenvalue weighted by molar-refractivity contribution is 5.93. The molecule has 1 saturated carbocycles. The van der Waals surface area contributed by atoms with Crippen LogP contribution in [-0.2, 0) is 0 Å².